The third kappa shape index (κ3) is 3.91. The topological polar surface area (TPSA) is 52.1 Å². The second kappa shape index (κ2) is 7.37. The number of rotatable bonds is 4. The number of ether oxygens (including phenoxy) is 1. The lowest BCUT2D eigenvalue weighted by Gasteiger charge is -2.20. The molecule has 0 aliphatic heterocycles. The molecule has 0 amide bonds. The molecule has 4 nitrogen and oxygen atoms in total. The number of carbonyl (C=O) groups excluding carboxylic acids is 1. The molecular formula is C20H22N2O2S2. The van der Waals surface area contributed by atoms with Crippen molar-refractivity contribution >= 4 is 39.3 Å². The second-order valence-corrected chi connectivity index (χ2v) is 9.59. The van der Waals surface area contributed by atoms with E-state index in [0.29, 0.717) is 12.3 Å². The molecule has 0 N–H and O–H groups in total. The summed E-state index contributed by atoms with van der Waals surface area (Å²) in [7, 11) is 0. The van der Waals surface area contributed by atoms with Crippen LogP contribution in [-0.2, 0) is 4.74 Å². The molecule has 1 aromatic carbocycles. The number of pyridine rings is 1. The molecular weight excluding hydrogens is 364 g/mol. The minimum absolute atomic E-state index is 0.0838. The van der Waals surface area contributed by atoms with Gasteiger partial charge >= 0.3 is 5.97 Å². The highest BCUT2D eigenvalue weighted by atomic mass is 32.2. The molecule has 0 atom stereocenters. The molecule has 3 aromatic rings. The Labute approximate surface area is 162 Å². The zero-order valence-electron chi connectivity index (χ0n) is 15.6. The first-order valence-electron chi connectivity index (χ1n) is 8.51. The molecule has 0 fully saturated rings. The summed E-state index contributed by atoms with van der Waals surface area (Å²) in [5.74, 6) is -0.393. The summed E-state index contributed by atoms with van der Waals surface area (Å²) >= 11 is 3.34. The third-order valence-electron chi connectivity index (χ3n) is 3.74. The van der Waals surface area contributed by atoms with Gasteiger partial charge in [-0.25, -0.2) is 9.78 Å². The van der Waals surface area contributed by atoms with Crippen LogP contribution >= 0.6 is 23.3 Å². The number of fused-ring (bicyclic) bond motifs is 1. The second-order valence-electron chi connectivity index (χ2n) is 6.95. The summed E-state index contributed by atoms with van der Waals surface area (Å²) in [6.07, 6.45) is 1.75. The molecule has 0 saturated heterocycles. The molecule has 0 saturated carbocycles. The molecule has 0 aliphatic rings. The Morgan fingerprint density at radius 1 is 1.23 bits per heavy atom. The van der Waals surface area contributed by atoms with Gasteiger partial charge in [0.05, 0.1) is 17.0 Å². The molecule has 6 heteroatoms. The van der Waals surface area contributed by atoms with Gasteiger partial charge in [0.2, 0.25) is 0 Å². The van der Waals surface area contributed by atoms with E-state index in [0.717, 1.165) is 26.9 Å². The zero-order valence-corrected chi connectivity index (χ0v) is 17.3. The third-order valence-corrected chi connectivity index (χ3v) is 5.88. The van der Waals surface area contributed by atoms with Crippen LogP contribution in [0.1, 0.15) is 43.9 Å². The van der Waals surface area contributed by atoms with Crippen molar-refractivity contribution in [1.29, 1.82) is 0 Å². The first-order chi connectivity index (χ1) is 12.3. The van der Waals surface area contributed by atoms with Crippen LogP contribution in [0.15, 0.2) is 35.4 Å². The number of nitrogens with zero attached hydrogens (tertiary/aromatic N) is 2. The largest absolute Gasteiger partial charge is 0.461 e. The van der Waals surface area contributed by atoms with E-state index in [-0.39, 0.29) is 4.75 Å². The van der Waals surface area contributed by atoms with E-state index in [4.69, 9.17) is 4.74 Å². The SMILES string of the molecule is CCOC(=O)c1ccc(-c2c(SC(C)(C)C)ccc3c(C)nsc23)cn1. The van der Waals surface area contributed by atoms with Crippen molar-refractivity contribution < 1.29 is 9.53 Å². The summed E-state index contributed by atoms with van der Waals surface area (Å²) < 4.78 is 10.8. The van der Waals surface area contributed by atoms with Gasteiger partial charge in [-0.05, 0) is 37.5 Å². The number of carbonyl (C=O) groups is 1. The van der Waals surface area contributed by atoms with E-state index in [1.165, 1.54) is 16.4 Å². The average molecular weight is 387 g/mol. The predicted octanol–water partition coefficient (Wildman–Crippen LogP) is 5.73. The lowest BCUT2D eigenvalue weighted by atomic mass is 10.0. The van der Waals surface area contributed by atoms with Crippen LogP contribution in [0, 0.1) is 6.92 Å². The van der Waals surface area contributed by atoms with Crippen molar-refractivity contribution in [1.82, 2.24) is 9.36 Å². The minimum atomic E-state index is -0.393. The zero-order chi connectivity index (χ0) is 18.9. The number of hydrogen-bond donors (Lipinski definition) is 0. The van der Waals surface area contributed by atoms with Crippen LogP contribution in [-0.4, -0.2) is 26.7 Å². The Bertz CT molecular complexity index is 941. The molecule has 0 spiro atoms. The van der Waals surface area contributed by atoms with Gasteiger partial charge < -0.3 is 4.74 Å². The lowest BCUT2D eigenvalue weighted by Crippen LogP contribution is -2.08. The van der Waals surface area contributed by atoms with Gasteiger partial charge in [0, 0.05) is 32.4 Å². The summed E-state index contributed by atoms with van der Waals surface area (Å²) in [5.41, 5.74) is 3.48. The van der Waals surface area contributed by atoms with E-state index in [1.54, 1.807) is 19.2 Å². The predicted molar refractivity (Wildman–Crippen MR) is 109 cm³/mol. The van der Waals surface area contributed by atoms with Crippen molar-refractivity contribution in [2.75, 3.05) is 6.61 Å². The van der Waals surface area contributed by atoms with Gasteiger partial charge in [-0.3, -0.25) is 0 Å². The van der Waals surface area contributed by atoms with Gasteiger partial charge in [-0.1, -0.05) is 32.9 Å². The van der Waals surface area contributed by atoms with Crippen LogP contribution in [0.5, 0.6) is 0 Å². The van der Waals surface area contributed by atoms with Crippen LogP contribution in [0.2, 0.25) is 0 Å². The summed E-state index contributed by atoms with van der Waals surface area (Å²) in [6, 6.07) is 7.97. The molecule has 2 heterocycles. The fourth-order valence-electron chi connectivity index (χ4n) is 2.66. The van der Waals surface area contributed by atoms with Crippen molar-refractivity contribution in [2.24, 2.45) is 0 Å². The Balaban J connectivity index is 2.12. The van der Waals surface area contributed by atoms with Crippen molar-refractivity contribution in [3.8, 4) is 11.1 Å². The van der Waals surface area contributed by atoms with E-state index in [9.17, 15) is 4.79 Å². The number of aryl methyl sites for hydroxylation is 1. The van der Waals surface area contributed by atoms with E-state index in [2.05, 4.69) is 42.3 Å². The van der Waals surface area contributed by atoms with Crippen LogP contribution in [0.3, 0.4) is 0 Å². The Kier molecular flexibility index (Phi) is 5.34. The molecule has 2 aromatic heterocycles. The first-order valence-corrected chi connectivity index (χ1v) is 10.1. The van der Waals surface area contributed by atoms with Gasteiger partial charge in [-0.2, -0.15) is 4.37 Å². The number of benzene rings is 1. The normalized spacial score (nSPS) is 11.7. The Hall–Kier alpha value is -1.92. The minimum Gasteiger partial charge on any atom is -0.461 e. The molecule has 0 radical (unpaired) electrons. The number of esters is 1. The maximum Gasteiger partial charge on any atom is 0.356 e. The quantitative estimate of drug-likeness (QED) is 0.423. The standard InChI is InChI=1S/C20H22N2O2S2/c1-6-24-19(23)15-9-7-13(11-21-15)17-16(25-20(3,4)5)10-8-14-12(2)22-26-18(14)17/h7-11H,6H2,1-5H3. The van der Waals surface area contributed by atoms with Gasteiger partial charge in [0.15, 0.2) is 0 Å². The monoisotopic (exact) mass is 386 g/mol. The Morgan fingerprint density at radius 2 is 2.00 bits per heavy atom. The maximum atomic E-state index is 11.9. The maximum absolute atomic E-state index is 11.9. The molecule has 0 aliphatic carbocycles. The first kappa shape index (κ1) is 18.9. The van der Waals surface area contributed by atoms with E-state index >= 15 is 0 Å². The fourth-order valence-corrected chi connectivity index (χ4v) is 4.81. The summed E-state index contributed by atoms with van der Waals surface area (Å²) in [4.78, 5) is 17.4. The van der Waals surface area contributed by atoms with Crippen LogP contribution < -0.4 is 0 Å². The van der Waals surface area contributed by atoms with E-state index in [1.807, 2.05) is 24.8 Å². The molecule has 26 heavy (non-hydrogen) atoms. The fraction of sp³-hybridized carbons (Fsp3) is 0.350. The van der Waals surface area contributed by atoms with Crippen molar-refractivity contribution in [3.63, 3.8) is 0 Å². The van der Waals surface area contributed by atoms with E-state index < -0.39 is 5.97 Å². The molecule has 0 unspecified atom stereocenters. The van der Waals surface area contributed by atoms with Crippen LogP contribution in [0.4, 0.5) is 0 Å². The highest BCUT2D eigenvalue weighted by Gasteiger charge is 2.20. The Morgan fingerprint density at radius 3 is 2.62 bits per heavy atom. The van der Waals surface area contributed by atoms with Gasteiger partial charge in [-0.15, -0.1) is 11.8 Å². The van der Waals surface area contributed by atoms with Crippen LogP contribution in [0.25, 0.3) is 21.2 Å². The van der Waals surface area contributed by atoms with Crippen molar-refractivity contribution in [2.45, 2.75) is 44.3 Å². The number of aromatic nitrogens is 2. The molecule has 136 valence electrons. The number of thioether (sulfide) groups is 1. The summed E-state index contributed by atoms with van der Waals surface area (Å²) in [5, 5.41) is 1.16. The van der Waals surface area contributed by atoms with Crippen molar-refractivity contribution in [3.05, 3.63) is 41.9 Å². The number of hydrogen-bond acceptors (Lipinski definition) is 6. The molecule has 0 bridgehead atoms. The summed E-state index contributed by atoms with van der Waals surface area (Å²) in [6.45, 7) is 10.8. The highest BCUT2D eigenvalue weighted by Crippen LogP contribution is 2.43. The van der Waals surface area contributed by atoms with Gasteiger partial charge in [0.25, 0.3) is 0 Å². The average Bonchev–Trinajstić information content (AvgIpc) is 2.95. The molecule has 3 rings (SSSR count). The smallest absolute Gasteiger partial charge is 0.356 e. The lowest BCUT2D eigenvalue weighted by molar-refractivity contribution is 0.0519. The van der Waals surface area contributed by atoms with Gasteiger partial charge in [0.1, 0.15) is 5.69 Å². The highest BCUT2D eigenvalue weighted by molar-refractivity contribution is 8.00.